The van der Waals surface area contributed by atoms with Gasteiger partial charge in [-0.1, -0.05) is 29.8 Å². The summed E-state index contributed by atoms with van der Waals surface area (Å²) in [4.78, 5) is 47.6. The molecule has 1 aliphatic rings. The van der Waals surface area contributed by atoms with E-state index >= 15 is 0 Å². The van der Waals surface area contributed by atoms with Crippen molar-refractivity contribution in [1.29, 1.82) is 0 Å². The molecule has 10 nitrogen and oxygen atoms in total. The molecule has 2 aromatic rings. The second-order valence-corrected chi connectivity index (χ2v) is 7.02. The second kappa shape index (κ2) is 9.92. The van der Waals surface area contributed by atoms with E-state index in [1.54, 1.807) is 31.2 Å². The largest absolute Gasteiger partial charge is 0.463 e. The van der Waals surface area contributed by atoms with Gasteiger partial charge in [-0.05, 0) is 30.7 Å². The number of carbonyl (C=O) groups excluding carboxylic acids is 3. The lowest BCUT2D eigenvalue weighted by atomic mass is 9.95. The third kappa shape index (κ3) is 5.22. The van der Waals surface area contributed by atoms with Gasteiger partial charge in [0.2, 0.25) is 0 Å². The summed E-state index contributed by atoms with van der Waals surface area (Å²) < 4.78 is 10.3. The summed E-state index contributed by atoms with van der Waals surface area (Å²) in [7, 11) is 0. The number of nitrogens with zero attached hydrogens (tertiary/aromatic N) is 1. The van der Waals surface area contributed by atoms with Gasteiger partial charge in [0.15, 0.2) is 0 Å². The fraction of sp³-hybridized carbons (Fsp3) is 0.190. The lowest BCUT2D eigenvalue weighted by Gasteiger charge is -2.29. The number of amides is 2. The molecule has 0 saturated carbocycles. The molecule has 1 heterocycles. The average Bonchev–Trinajstić information content (AvgIpc) is 2.77. The van der Waals surface area contributed by atoms with E-state index in [2.05, 4.69) is 10.6 Å². The van der Waals surface area contributed by atoms with Crippen LogP contribution in [0.4, 0.5) is 10.5 Å². The molecular formula is C21H18ClN3O7. The highest BCUT2D eigenvalue weighted by atomic mass is 35.5. The molecule has 2 amide bonds. The standard InChI is InChI=1S/C21H18ClN3O7/c1-2-31-20(27)17-16(11-32-19(26)13-4-3-5-15(10-13)25(29)30)23-21(28)24-18(17)12-6-8-14(22)9-7-12/h3-10,18H,2,11H2,1H3,(H2,23,24,28). The summed E-state index contributed by atoms with van der Waals surface area (Å²) in [5.41, 5.74) is 0.331. The highest BCUT2D eigenvalue weighted by Crippen LogP contribution is 2.29. The van der Waals surface area contributed by atoms with Crippen LogP contribution < -0.4 is 10.6 Å². The minimum absolute atomic E-state index is 0.0333. The molecule has 0 spiro atoms. The minimum Gasteiger partial charge on any atom is -0.463 e. The number of nitro groups is 1. The van der Waals surface area contributed by atoms with E-state index in [1.807, 2.05) is 0 Å². The summed E-state index contributed by atoms with van der Waals surface area (Å²) in [5.74, 6) is -1.57. The van der Waals surface area contributed by atoms with E-state index in [9.17, 15) is 24.5 Å². The Morgan fingerprint density at radius 1 is 1.12 bits per heavy atom. The van der Waals surface area contributed by atoms with Gasteiger partial charge in [0.25, 0.3) is 5.69 Å². The fourth-order valence-electron chi connectivity index (χ4n) is 3.05. The number of hydrogen-bond donors (Lipinski definition) is 2. The molecule has 0 aromatic heterocycles. The van der Waals surface area contributed by atoms with Gasteiger partial charge in [0.05, 0.1) is 34.4 Å². The number of carbonyl (C=O) groups is 3. The van der Waals surface area contributed by atoms with Gasteiger partial charge >= 0.3 is 18.0 Å². The summed E-state index contributed by atoms with van der Waals surface area (Å²) in [6.45, 7) is 1.25. The zero-order valence-corrected chi connectivity index (χ0v) is 17.5. The summed E-state index contributed by atoms with van der Waals surface area (Å²) >= 11 is 5.93. The van der Waals surface area contributed by atoms with Crippen molar-refractivity contribution >= 4 is 35.3 Å². The normalized spacial score (nSPS) is 15.4. The number of benzene rings is 2. The lowest BCUT2D eigenvalue weighted by Crippen LogP contribution is -2.47. The first-order valence-electron chi connectivity index (χ1n) is 9.45. The van der Waals surface area contributed by atoms with Crippen molar-refractivity contribution < 1.29 is 28.8 Å². The Balaban J connectivity index is 1.91. The van der Waals surface area contributed by atoms with E-state index in [0.29, 0.717) is 10.6 Å². The number of urea groups is 1. The van der Waals surface area contributed by atoms with Gasteiger partial charge in [-0.3, -0.25) is 10.1 Å². The summed E-state index contributed by atoms with van der Waals surface area (Å²) in [6, 6.07) is 10.0. The number of halogens is 1. The maximum Gasteiger partial charge on any atom is 0.338 e. The van der Waals surface area contributed by atoms with E-state index in [4.69, 9.17) is 21.1 Å². The first-order valence-corrected chi connectivity index (χ1v) is 9.82. The molecule has 3 rings (SSSR count). The Morgan fingerprint density at radius 2 is 1.84 bits per heavy atom. The van der Waals surface area contributed by atoms with Crippen LogP contribution in [0.5, 0.6) is 0 Å². The van der Waals surface area contributed by atoms with Crippen molar-refractivity contribution in [2.45, 2.75) is 13.0 Å². The molecule has 166 valence electrons. The predicted octanol–water partition coefficient (Wildman–Crippen LogP) is 3.28. The lowest BCUT2D eigenvalue weighted by molar-refractivity contribution is -0.384. The van der Waals surface area contributed by atoms with Crippen LogP contribution in [-0.4, -0.2) is 36.1 Å². The van der Waals surface area contributed by atoms with E-state index in [1.165, 1.54) is 18.2 Å². The Labute approximate surface area is 187 Å². The molecule has 32 heavy (non-hydrogen) atoms. The molecule has 1 atom stereocenters. The van der Waals surface area contributed by atoms with Crippen molar-refractivity contribution in [3.8, 4) is 0 Å². The van der Waals surface area contributed by atoms with E-state index in [-0.39, 0.29) is 29.1 Å². The minimum atomic E-state index is -0.869. The van der Waals surface area contributed by atoms with Crippen LogP contribution in [-0.2, 0) is 14.3 Å². The van der Waals surface area contributed by atoms with Gasteiger partial charge in [0, 0.05) is 17.2 Å². The van der Waals surface area contributed by atoms with Crippen LogP contribution in [0.3, 0.4) is 0 Å². The smallest absolute Gasteiger partial charge is 0.338 e. The first kappa shape index (κ1) is 22.8. The zero-order valence-electron chi connectivity index (χ0n) is 16.8. The van der Waals surface area contributed by atoms with Crippen LogP contribution in [0.1, 0.15) is 28.9 Å². The van der Waals surface area contributed by atoms with Gasteiger partial charge in [0.1, 0.15) is 6.61 Å². The molecule has 0 radical (unpaired) electrons. The average molecular weight is 460 g/mol. The quantitative estimate of drug-likeness (QED) is 0.368. The van der Waals surface area contributed by atoms with Crippen LogP contribution in [0.2, 0.25) is 5.02 Å². The van der Waals surface area contributed by atoms with Gasteiger partial charge in [-0.25, -0.2) is 14.4 Å². The van der Waals surface area contributed by atoms with Gasteiger partial charge < -0.3 is 20.1 Å². The number of hydrogen-bond acceptors (Lipinski definition) is 7. The fourth-order valence-corrected chi connectivity index (χ4v) is 3.18. The predicted molar refractivity (Wildman–Crippen MR) is 113 cm³/mol. The van der Waals surface area contributed by atoms with Crippen molar-refractivity contribution in [3.05, 3.63) is 86.1 Å². The van der Waals surface area contributed by atoms with E-state index in [0.717, 1.165) is 6.07 Å². The number of esters is 2. The Bertz CT molecular complexity index is 1100. The van der Waals surface area contributed by atoms with Crippen molar-refractivity contribution in [2.24, 2.45) is 0 Å². The molecule has 2 N–H and O–H groups in total. The number of nitro benzene ring substituents is 1. The molecule has 0 bridgehead atoms. The molecule has 1 aliphatic heterocycles. The van der Waals surface area contributed by atoms with Gasteiger partial charge in [-0.15, -0.1) is 0 Å². The van der Waals surface area contributed by atoms with Crippen LogP contribution in [0, 0.1) is 10.1 Å². The Morgan fingerprint density at radius 3 is 2.50 bits per heavy atom. The van der Waals surface area contributed by atoms with Crippen molar-refractivity contribution in [2.75, 3.05) is 13.2 Å². The molecule has 1 unspecified atom stereocenters. The highest BCUT2D eigenvalue weighted by molar-refractivity contribution is 6.30. The van der Waals surface area contributed by atoms with Gasteiger partial charge in [-0.2, -0.15) is 0 Å². The van der Waals surface area contributed by atoms with Crippen LogP contribution in [0.25, 0.3) is 0 Å². The first-order chi connectivity index (χ1) is 15.3. The maximum atomic E-state index is 12.7. The highest BCUT2D eigenvalue weighted by Gasteiger charge is 2.34. The molecule has 11 heteroatoms. The Kier molecular flexibility index (Phi) is 7.06. The molecule has 0 aliphatic carbocycles. The summed E-state index contributed by atoms with van der Waals surface area (Å²) in [6.07, 6.45) is 0. The van der Waals surface area contributed by atoms with Crippen LogP contribution in [0.15, 0.2) is 59.8 Å². The van der Waals surface area contributed by atoms with Crippen molar-refractivity contribution in [3.63, 3.8) is 0 Å². The number of rotatable bonds is 7. The monoisotopic (exact) mass is 459 g/mol. The molecule has 2 aromatic carbocycles. The molecule has 0 fully saturated rings. The van der Waals surface area contributed by atoms with E-state index < -0.39 is 35.5 Å². The number of non-ortho nitro benzene ring substituents is 1. The second-order valence-electron chi connectivity index (χ2n) is 6.58. The number of nitrogens with one attached hydrogen (secondary N) is 2. The SMILES string of the molecule is CCOC(=O)C1=C(COC(=O)c2cccc([N+](=O)[O-])c2)NC(=O)NC1c1ccc(Cl)cc1. The maximum absolute atomic E-state index is 12.7. The summed E-state index contributed by atoms with van der Waals surface area (Å²) in [5, 5.41) is 16.5. The van der Waals surface area contributed by atoms with Crippen molar-refractivity contribution in [1.82, 2.24) is 10.6 Å². The molecular weight excluding hydrogens is 442 g/mol. The number of ether oxygens (including phenoxy) is 2. The Hall–Kier alpha value is -3.92. The molecule has 0 saturated heterocycles. The zero-order chi connectivity index (χ0) is 23.3. The van der Waals surface area contributed by atoms with Crippen LogP contribution >= 0.6 is 11.6 Å². The topological polar surface area (TPSA) is 137 Å². The third-order valence-corrected chi connectivity index (χ3v) is 4.74. The third-order valence-electron chi connectivity index (χ3n) is 4.49.